The van der Waals surface area contributed by atoms with Crippen LogP contribution in [0.1, 0.15) is 29.2 Å². The van der Waals surface area contributed by atoms with E-state index >= 15 is 0 Å². The van der Waals surface area contributed by atoms with Gasteiger partial charge in [0, 0.05) is 18.5 Å². The maximum absolute atomic E-state index is 13.1. The van der Waals surface area contributed by atoms with E-state index in [4.69, 9.17) is 4.74 Å². The molecule has 2 aromatic rings. The molecule has 1 heterocycles. The smallest absolute Gasteiger partial charge is 0.416 e. The van der Waals surface area contributed by atoms with E-state index in [1.54, 1.807) is 18.0 Å². The number of nitrogens with zero attached hydrogens (tertiary/aromatic N) is 1. The maximum atomic E-state index is 13.1. The average Bonchev–Trinajstić information content (AvgIpc) is 2.61. The maximum Gasteiger partial charge on any atom is 0.416 e. The second-order valence-corrected chi connectivity index (χ2v) is 6.62. The SMILES string of the molecule is CN(CC(=O)NC1CCOc2ccccc21)Cc1ccccc1C(F)(F)F. The van der Waals surface area contributed by atoms with Crippen molar-refractivity contribution in [3.05, 3.63) is 65.2 Å². The van der Waals surface area contributed by atoms with Crippen LogP contribution in [-0.2, 0) is 17.5 Å². The number of carbonyl (C=O) groups is 1. The van der Waals surface area contributed by atoms with Gasteiger partial charge in [-0.25, -0.2) is 0 Å². The van der Waals surface area contributed by atoms with E-state index in [-0.39, 0.29) is 30.6 Å². The molecule has 0 bridgehead atoms. The Hall–Kier alpha value is -2.54. The van der Waals surface area contributed by atoms with Crippen LogP contribution in [0.15, 0.2) is 48.5 Å². The number of hydrogen-bond donors (Lipinski definition) is 1. The second-order valence-electron chi connectivity index (χ2n) is 6.62. The van der Waals surface area contributed by atoms with Crippen molar-refractivity contribution < 1.29 is 22.7 Å². The molecule has 144 valence electrons. The fraction of sp³-hybridized carbons (Fsp3) is 0.350. The molecule has 1 amide bonds. The first kappa shape index (κ1) is 19.2. The summed E-state index contributed by atoms with van der Waals surface area (Å²) in [5.74, 6) is 0.519. The van der Waals surface area contributed by atoms with Crippen molar-refractivity contribution in [2.24, 2.45) is 0 Å². The summed E-state index contributed by atoms with van der Waals surface area (Å²) in [5, 5.41) is 2.95. The van der Waals surface area contributed by atoms with Crippen LogP contribution in [-0.4, -0.2) is 31.0 Å². The van der Waals surface area contributed by atoms with Crippen LogP contribution < -0.4 is 10.1 Å². The molecule has 1 unspecified atom stereocenters. The van der Waals surface area contributed by atoms with Crippen LogP contribution in [0.5, 0.6) is 5.75 Å². The highest BCUT2D eigenvalue weighted by molar-refractivity contribution is 5.78. The van der Waals surface area contributed by atoms with E-state index in [1.807, 2.05) is 24.3 Å². The molecule has 1 N–H and O–H groups in total. The number of benzene rings is 2. The summed E-state index contributed by atoms with van der Waals surface area (Å²) < 4.78 is 44.9. The first-order chi connectivity index (χ1) is 12.8. The number of rotatable bonds is 5. The lowest BCUT2D eigenvalue weighted by Crippen LogP contribution is -2.38. The van der Waals surface area contributed by atoms with Gasteiger partial charge in [-0.05, 0) is 24.7 Å². The summed E-state index contributed by atoms with van der Waals surface area (Å²) in [6.07, 6.45) is -3.76. The number of hydrogen-bond acceptors (Lipinski definition) is 3. The first-order valence-electron chi connectivity index (χ1n) is 8.69. The Labute approximate surface area is 155 Å². The van der Waals surface area contributed by atoms with Crippen LogP contribution in [0.25, 0.3) is 0 Å². The standard InChI is InChI=1S/C20H21F3N2O2/c1-25(12-14-6-2-4-8-16(14)20(21,22)23)13-19(26)24-17-10-11-27-18-9-5-3-7-15(17)18/h2-9,17H,10-13H2,1H3,(H,24,26). The summed E-state index contributed by atoms with van der Waals surface area (Å²) in [6.45, 7) is 0.552. The van der Waals surface area contributed by atoms with Gasteiger partial charge >= 0.3 is 6.18 Å². The zero-order valence-electron chi connectivity index (χ0n) is 14.9. The van der Waals surface area contributed by atoms with Crippen molar-refractivity contribution in [1.29, 1.82) is 0 Å². The molecule has 0 saturated heterocycles. The lowest BCUT2D eigenvalue weighted by Gasteiger charge is -2.27. The summed E-state index contributed by atoms with van der Waals surface area (Å²) in [4.78, 5) is 14.0. The van der Waals surface area contributed by atoms with E-state index in [0.717, 1.165) is 17.4 Å². The monoisotopic (exact) mass is 378 g/mol. The van der Waals surface area contributed by atoms with Crippen LogP contribution in [0.3, 0.4) is 0 Å². The first-order valence-corrected chi connectivity index (χ1v) is 8.69. The number of ether oxygens (including phenoxy) is 1. The van der Waals surface area contributed by atoms with Gasteiger partial charge in [-0.15, -0.1) is 0 Å². The summed E-state index contributed by atoms with van der Waals surface area (Å²) in [5.41, 5.74) is 0.398. The van der Waals surface area contributed by atoms with Gasteiger partial charge in [0.25, 0.3) is 0 Å². The minimum absolute atomic E-state index is 0.00567. The molecule has 0 spiro atoms. The molecule has 7 heteroatoms. The Morgan fingerprint density at radius 1 is 1.19 bits per heavy atom. The number of halogens is 3. The van der Waals surface area contributed by atoms with Gasteiger partial charge in [-0.2, -0.15) is 13.2 Å². The number of fused-ring (bicyclic) bond motifs is 1. The predicted octanol–water partition coefficient (Wildman–Crippen LogP) is 3.78. The molecule has 0 aliphatic carbocycles. The van der Waals surface area contributed by atoms with Crippen molar-refractivity contribution >= 4 is 5.91 Å². The molecule has 3 rings (SSSR count). The summed E-state index contributed by atoms with van der Waals surface area (Å²) in [7, 11) is 1.63. The fourth-order valence-electron chi connectivity index (χ4n) is 3.26. The van der Waals surface area contributed by atoms with Gasteiger partial charge in [0.2, 0.25) is 5.91 Å². The number of amides is 1. The molecule has 1 atom stereocenters. The van der Waals surface area contributed by atoms with Crippen molar-refractivity contribution in [3.63, 3.8) is 0 Å². The molecule has 0 saturated carbocycles. The van der Waals surface area contributed by atoms with E-state index in [0.29, 0.717) is 13.0 Å². The molecule has 1 aliphatic heterocycles. The zero-order chi connectivity index (χ0) is 19.4. The number of likely N-dealkylation sites (N-methyl/N-ethyl adjacent to an activating group) is 1. The average molecular weight is 378 g/mol. The molecule has 27 heavy (non-hydrogen) atoms. The summed E-state index contributed by atoms with van der Waals surface area (Å²) in [6, 6.07) is 12.8. The minimum atomic E-state index is -4.41. The Balaban J connectivity index is 1.61. The van der Waals surface area contributed by atoms with Crippen molar-refractivity contribution in [2.75, 3.05) is 20.2 Å². The molecule has 4 nitrogen and oxygen atoms in total. The minimum Gasteiger partial charge on any atom is -0.493 e. The van der Waals surface area contributed by atoms with Gasteiger partial charge in [0.15, 0.2) is 0 Å². The third kappa shape index (κ3) is 4.80. The zero-order valence-corrected chi connectivity index (χ0v) is 14.9. The fourth-order valence-corrected chi connectivity index (χ4v) is 3.26. The molecular weight excluding hydrogens is 357 g/mol. The molecule has 2 aromatic carbocycles. The quantitative estimate of drug-likeness (QED) is 0.861. The van der Waals surface area contributed by atoms with Crippen molar-refractivity contribution in [2.45, 2.75) is 25.2 Å². The van der Waals surface area contributed by atoms with Gasteiger partial charge in [-0.3, -0.25) is 9.69 Å². The van der Waals surface area contributed by atoms with E-state index in [1.165, 1.54) is 12.1 Å². The van der Waals surface area contributed by atoms with Crippen molar-refractivity contribution in [3.8, 4) is 5.75 Å². The van der Waals surface area contributed by atoms with E-state index in [9.17, 15) is 18.0 Å². The highest BCUT2D eigenvalue weighted by Gasteiger charge is 2.33. The molecule has 0 radical (unpaired) electrons. The largest absolute Gasteiger partial charge is 0.493 e. The van der Waals surface area contributed by atoms with Crippen LogP contribution in [0.2, 0.25) is 0 Å². The van der Waals surface area contributed by atoms with Crippen molar-refractivity contribution in [1.82, 2.24) is 10.2 Å². The van der Waals surface area contributed by atoms with Gasteiger partial charge in [-0.1, -0.05) is 36.4 Å². The van der Waals surface area contributed by atoms with E-state index < -0.39 is 11.7 Å². The number of carbonyl (C=O) groups excluding carboxylic acids is 1. The highest BCUT2D eigenvalue weighted by atomic mass is 19.4. The Morgan fingerprint density at radius 2 is 1.89 bits per heavy atom. The predicted molar refractivity (Wildman–Crippen MR) is 95.2 cm³/mol. The Bertz CT molecular complexity index is 808. The van der Waals surface area contributed by atoms with Gasteiger partial charge < -0.3 is 10.1 Å². The normalized spacial score (nSPS) is 16.6. The lowest BCUT2D eigenvalue weighted by atomic mass is 10.0. The molecule has 1 aliphatic rings. The molecule has 0 fully saturated rings. The van der Waals surface area contributed by atoms with Crippen LogP contribution in [0.4, 0.5) is 13.2 Å². The second kappa shape index (κ2) is 8.00. The highest BCUT2D eigenvalue weighted by Crippen LogP contribution is 2.33. The number of para-hydroxylation sites is 1. The molecular formula is C20H21F3N2O2. The van der Waals surface area contributed by atoms with Crippen LogP contribution >= 0.6 is 0 Å². The number of alkyl halides is 3. The summed E-state index contributed by atoms with van der Waals surface area (Å²) >= 11 is 0. The Morgan fingerprint density at radius 3 is 2.67 bits per heavy atom. The van der Waals surface area contributed by atoms with E-state index in [2.05, 4.69) is 5.32 Å². The third-order valence-electron chi connectivity index (χ3n) is 4.47. The van der Waals surface area contributed by atoms with Gasteiger partial charge in [0.1, 0.15) is 5.75 Å². The Kier molecular flexibility index (Phi) is 5.70. The third-order valence-corrected chi connectivity index (χ3v) is 4.47. The molecule has 0 aromatic heterocycles. The number of nitrogens with one attached hydrogen (secondary N) is 1. The van der Waals surface area contributed by atoms with Crippen LogP contribution in [0, 0.1) is 0 Å². The van der Waals surface area contributed by atoms with Gasteiger partial charge in [0.05, 0.1) is 24.8 Å². The topological polar surface area (TPSA) is 41.6 Å². The lowest BCUT2D eigenvalue weighted by molar-refractivity contribution is -0.138.